The van der Waals surface area contributed by atoms with Gasteiger partial charge in [0.2, 0.25) is 0 Å². The van der Waals surface area contributed by atoms with Crippen LogP contribution < -0.4 is 0 Å². The molecule has 1 unspecified atom stereocenters. The van der Waals surface area contributed by atoms with Gasteiger partial charge < -0.3 is 9.52 Å². The molecule has 0 fully saturated rings. The Morgan fingerprint density at radius 2 is 2.18 bits per heavy atom. The molecular weight excluding hydrogens is 240 g/mol. The highest BCUT2D eigenvalue weighted by molar-refractivity contribution is 6.31. The Morgan fingerprint density at radius 3 is 2.71 bits per heavy atom. The molecule has 2 aromatic heterocycles. The van der Waals surface area contributed by atoms with E-state index in [0.29, 0.717) is 22.0 Å². The Hall–Kier alpha value is -1.26. The second kappa shape index (κ2) is 4.55. The predicted molar refractivity (Wildman–Crippen MR) is 65.1 cm³/mol. The lowest BCUT2D eigenvalue weighted by Crippen LogP contribution is -2.12. The predicted octanol–water partition coefficient (Wildman–Crippen LogP) is 3.10. The molecule has 0 aliphatic rings. The van der Waals surface area contributed by atoms with Gasteiger partial charge >= 0.3 is 0 Å². The van der Waals surface area contributed by atoms with Crippen molar-refractivity contribution in [2.45, 2.75) is 32.9 Å². The Bertz CT molecular complexity index is 516. The van der Waals surface area contributed by atoms with Gasteiger partial charge in [-0.15, -0.1) is 0 Å². The van der Waals surface area contributed by atoms with Crippen LogP contribution in [0.3, 0.4) is 0 Å². The van der Waals surface area contributed by atoms with Crippen LogP contribution in [-0.2, 0) is 0 Å². The molecular formula is C12H15ClN2O2. The smallest absolute Gasteiger partial charge is 0.126 e. The first-order valence-electron chi connectivity index (χ1n) is 5.47. The fourth-order valence-electron chi connectivity index (χ4n) is 1.84. The first kappa shape index (κ1) is 12.2. The lowest BCUT2D eigenvalue weighted by Gasteiger charge is -2.16. The maximum absolute atomic E-state index is 10.4. The van der Waals surface area contributed by atoms with Crippen molar-refractivity contribution >= 4 is 11.6 Å². The molecule has 0 saturated carbocycles. The molecule has 0 bridgehead atoms. The summed E-state index contributed by atoms with van der Waals surface area (Å²) in [5.74, 6) is 0.685. The van der Waals surface area contributed by atoms with Crippen LogP contribution in [0.15, 0.2) is 22.9 Å². The van der Waals surface area contributed by atoms with Crippen molar-refractivity contribution in [2.75, 3.05) is 0 Å². The van der Waals surface area contributed by atoms with Crippen molar-refractivity contribution in [3.63, 3.8) is 0 Å². The van der Waals surface area contributed by atoms with Gasteiger partial charge in [-0.25, -0.2) is 0 Å². The van der Waals surface area contributed by atoms with Crippen molar-refractivity contribution in [1.29, 1.82) is 0 Å². The van der Waals surface area contributed by atoms with Crippen molar-refractivity contribution in [3.8, 4) is 0 Å². The highest BCUT2D eigenvalue weighted by Crippen LogP contribution is 2.31. The highest BCUT2D eigenvalue weighted by atomic mass is 35.5. The average molecular weight is 255 g/mol. The third-order valence-corrected chi connectivity index (χ3v) is 3.02. The first-order chi connectivity index (χ1) is 8.02. The van der Waals surface area contributed by atoms with E-state index in [4.69, 9.17) is 16.0 Å². The van der Waals surface area contributed by atoms with E-state index in [-0.39, 0.29) is 6.04 Å². The summed E-state index contributed by atoms with van der Waals surface area (Å²) in [5.41, 5.74) is 1.32. The van der Waals surface area contributed by atoms with Gasteiger partial charge in [0.15, 0.2) is 0 Å². The van der Waals surface area contributed by atoms with Crippen LogP contribution in [0, 0.1) is 6.92 Å². The highest BCUT2D eigenvalue weighted by Gasteiger charge is 2.23. The Morgan fingerprint density at radius 1 is 1.47 bits per heavy atom. The zero-order chi connectivity index (χ0) is 12.6. The van der Waals surface area contributed by atoms with E-state index in [2.05, 4.69) is 5.10 Å². The summed E-state index contributed by atoms with van der Waals surface area (Å²) < 4.78 is 6.91. The number of nitrogens with zero attached hydrogens (tertiary/aromatic N) is 2. The standard InChI is InChI=1S/C12H15ClN2O2/c1-7(2)15-11(10(13)6-14-15)12(16)9-4-5-17-8(9)3/h4-7,12,16H,1-3H3. The molecule has 2 aromatic rings. The topological polar surface area (TPSA) is 51.2 Å². The van der Waals surface area contributed by atoms with Gasteiger partial charge in [0.05, 0.1) is 23.2 Å². The van der Waals surface area contributed by atoms with E-state index in [1.54, 1.807) is 23.2 Å². The van der Waals surface area contributed by atoms with Gasteiger partial charge in [-0.2, -0.15) is 5.10 Å². The van der Waals surface area contributed by atoms with Gasteiger partial charge in [-0.1, -0.05) is 11.6 Å². The summed E-state index contributed by atoms with van der Waals surface area (Å²) in [6, 6.07) is 1.88. The van der Waals surface area contributed by atoms with Crippen molar-refractivity contribution in [2.24, 2.45) is 0 Å². The van der Waals surface area contributed by atoms with Crippen LogP contribution in [0.5, 0.6) is 0 Å². The quantitative estimate of drug-likeness (QED) is 0.916. The molecule has 0 aromatic carbocycles. The Kier molecular flexibility index (Phi) is 3.26. The molecule has 4 nitrogen and oxygen atoms in total. The van der Waals surface area contributed by atoms with Crippen molar-refractivity contribution in [3.05, 3.63) is 40.6 Å². The zero-order valence-corrected chi connectivity index (χ0v) is 10.8. The molecule has 0 amide bonds. The number of hydrogen-bond acceptors (Lipinski definition) is 3. The molecule has 1 atom stereocenters. The van der Waals surface area contributed by atoms with Crippen LogP contribution in [0.4, 0.5) is 0 Å². The number of aryl methyl sites for hydroxylation is 1. The van der Waals surface area contributed by atoms with E-state index in [1.807, 2.05) is 20.8 Å². The number of furan rings is 1. The molecule has 5 heteroatoms. The van der Waals surface area contributed by atoms with E-state index in [9.17, 15) is 5.11 Å². The lowest BCUT2D eigenvalue weighted by atomic mass is 10.1. The average Bonchev–Trinajstić information content (AvgIpc) is 2.83. The van der Waals surface area contributed by atoms with Crippen LogP contribution in [-0.4, -0.2) is 14.9 Å². The van der Waals surface area contributed by atoms with Gasteiger partial charge in [-0.3, -0.25) is 4.68 Å². The molecule has 92 valence electrons. The minimum Gasteiger partial charge on any atom is -0.469 e. The number of aromatic nitrogens is 2. The summed E-state index contributed by atoms with van der Waals surface area (Å²) >= 11 is 6.08. The number of rotatable bonds is 3. The number of halogens is 1. The molecule has 0 saturated heterocycles. The lowest BCUT2D eigenvalue weighted by molar-refractivity contribution is 0.203. The number of aliphatic hydroxyl groups excluding tert-OH is 1. The molecule has 1 N–H and O–H groups in total. The summed E-state index contributed by atoms with van der Waals surface area (Å²) in [6.45, 7) is 5.78. The van der Waals surface area contributed by atoms with Crippen LogP contribution in [0.2, 0.25) is 5.02 Å². The summed E-state index contributed by atoms with van der Waals surface area (Å²) in [4.78, 5) is 0. The third kappa shape index (κ3) is 2.10. The minimum atomic E-state index is -0.814. The molecule has 2 rings (SSSR count). The summed E-state index contributed by atoms with van der Waals surface area (Å²) in [7, 11) is 0. The first-order valence-corrected chi connectivity index (χ1v) is 5.85. The molecule has 17 heavy (non-hydrogen) atoms. The van der Waals surface area contributed by atoms with Crippen LogP contribution in [0.25, 0.3) is 0 Å². The third-order valence-electron chi connectivity index (χ3n) is 2.73. The normalized spacial score (nSPS) is 13.3. The van der Waals surface area contributed by atoms with Crippen LogP contribution >= 0.6 is 11.6 Å². The molecule has 0 aliphatic heterocycles. The number of aliphatic hydroxyl groups is 1. The second-order valence-corrected chi connectivity index (χ2v) is 4.66. The number of hydrogen-bond donors (Lipinski definition) is 1. The van der Waals surface area contributed by atoms with Gasteiger partial charge in [0.1, 0.15) is 11.9 Å². The molecule has 0 aliphatic carbocycles. The van der Waals surface area contributed by atoms with Crippen molar-refractivity contribution in [1.82, 2.24) is 9.78 Å². The molecule has 0 radical (unpaired) electrons. The Balaban J connectivity index is 2.47. The van der Waals surface area contributed by atoms with E-state index in [0.717, 1.165) is 0 Å². The van der Waals surface area contributed by atoms with Gasteiger partial charge in [0, 0.05) is 11.6 Å². The van der Waals surface area contributed by atoms with E-state index < -0.39 is 6.10 Å². The fourth-order valence-corrected chi connectivity index (χ4v) is 2.08. The maximum atomic E-state index is 10.4. The van der Waals surface area contributed by atoms with Crippen molar-refractivity contribution < 1.29 is 9.52 Å². The van der Waals surface area contributed by atoms with E-state index in [1.165, 1.54) is 0 Å². The fraction of sp³-hybridized carbons (Fsp3) is 0.417. The Labute approximate surface area is 105 Å². The SMILES string of the molecule is Cc1occc1C(O)c1c(Cl)cnn1C(C)C. The molecule has 0 spiro atoms. The monoisotopic (exact) mass is 254 g/mol. The van der Waals surface area contributed by atoms with E-state index >= 15 is 0 Å². The second-order valence-electron chi connectivity index (χ2n) is 4.25. The zero-order valence-electron chi connectivity index (χ0n) is 10.0. The van der Waals surface area contributed by atoms with Gasteiger partial charge in [0.25, 0.3) is 0 Å². The van der Waals surface area contributed by atoms with Gasteiger partial charge in [-0.05, 0) is 26.8 Å². The summed E-state index contributed by atoms with van der Waals surface area (Å²) in [5, 5.41) is 15.0. The maximum Gasteiger partial charge on any atom is 0.126 e. The minimum absolute atomic E-state index is 0.138. The summed E-state index contributed by atoms with van der Waals surface area (Å²) in [6.07, 6.45) is 2.29. The largest absolute Gasteiger partial charge is 0.469 e. The van der Waals surface area contributed by atoms with Crippen LogP contribution in [0.1, 0.15) is 43.0 Å². The molecule has 2 heterocycles.